The van der Waals surface area contributed by atoms with Crippen LogP contribution in [0.3, 0.4) is 0 Å². The molecule has 0 aromatic carbocycles. The number of hydrogen-bond acceptors (Lipinski definition) is 2. The maximum Gasteiger partial charge on any atom is 0.0729 e. The van der Waals surface area contributed by atoms with E-state index in [1.807, 2.05) is 0 Å². The second-order valence-electron chi connectivity index (χ2n) is 6.99. The van der Waals surface area contributed by atoms with Gasteiger partial charge < -0.3 is 10.1 Å². The minimum atomic E-state index is 0.356. The van der Waals surface area contributed by atoms with Crippen molar-refractivity contribution in [3.05, 3.63) is 0 Å². The second kappa shape index (κ2) is 3.71. The van der Waals surface area contributed by atoms with Crippen LogP contribution in [0.15, 0.2) is 0 Å². The Kier molecular flexibility index (Phi) is 2.56. The quantitative estimate of drug-likeness (QED) is 0.682. The average molecular weight is 223 g/mol. The second-order valence-corrected chi connectivity index (χ2v) is 6.99. The van der Waals surface area contributed by atoms with Crippen LogP contribution in [-0.4, -0.2) is 24.3 Å². The van der Waals surface area contributed by atoms with Gasteiger partial charge in [0.25, 0.3) is 0 Å². The molecule has 1 heterocycles. The normalized spacial score (nSPS) is 40.9. The molecule has 0 amide bonds. The van der Waals surface area contributed by atoms with Gasteiger partial charge in [0.2, 0.25) is 0 Å². The molecule has 0 aromatic heterocycles. The Morgan fingerprint density at radius 3 is 2.62 bits per heavy atom. The number of rotatable bonds is 0. The first-order valence-electron chi connectivity index (χ1n) is 6.98. The highest BCUT2D eigenvalue weighted by molar-refractivity contribution is 5.03. The van der Waals surface area contributed by atoms with E-state index >= 15 is 0 Å². The van der Waals surface area contributed by atoms with E-state index in [0.29, 0.717) is 23.1 Å². The lowest BCUT2D eigenvalue weighted by molar-refractivity contribution is -0.0932. The Balaban J connectivity index is 1.71. The summed E-state index contributed by atoms with van der Waals surface area (Å²) in [6, 6.07) is 0.621. The van der Waals surface area contributed by atoms with Crippen LogP contribution in [0.25, 0.3) is 0 Å². The maximum atomic E-state index is 6.15. The number of hydrogen-bond donors (Lipinski definition) is 1. The molecule has 0 bridgehead atoms. The van der Waals surface area contributed by atoms with E-state index in [1.54, 1.807) is 0 Å². The maximum absolute atomic E-state index is 6.15. The van der Waals surface area contributed by atoms with E-state index in [-0.39, 0.29) is 0 Å². The molecule has 1 spiro atoms. The lowest BCUT2D eigenvalue weighted by Crippen LogP contribution is -2.63. The Bertz CT molecular complexity index is 268. The van der Waals surface area contributed by atoms with Crippen LogP contribution in [0.5, 0.6) is 0 Å². The topological polar surface area (TPSA) is 21.3 Å². The molecule has 2 aliphatic carbocycles. The van der Waals surface area contributed by atoms with E-state index in [1.165, 1.54) is 44.9 Å². The molecule has 2 unspecified atom stereocenters. The number of fused-ring (bicyclic) bond motifs is 1. The van der Waals surface area contributed by atoms with Crippen molar-refractivity contribution >= 4 is 0 Å². The molecule has 2 saturated carbocycles. The third kappa shape index (κ3) is 1.91. The van der Waals surface area contributed by atoms with Crippen molar-refractivity contribution in [1.29, 1.82) is 0 Å². The Morgan fingerprint density at radius 2 is 1.88 bits per heavy atom. The van der Waals surface area contributed by atoms with Gasteiger partial charge in [0.15, 0.2) is 0 Å². The van der Waals surface area contributed by atoms with Gasteiger partial charge in [0.1, 0.15) is 0 Å². The molecule has 3 aliphatic rings. The van der Waals surface area contributed by atoms with Crippen LogP contribution in [0.2, 0.25) is 0 Å². The summed E-state index contributed by atoms with van der Waals surface area (Å²) in [5.74, 6) is 0. The molecule has 92 valence electrons. The van der Waals surface area contributed by atoms with E-state index in [4.69, 9.17) is 4.74 Å². The van der Waals surface area contributed by atoms with Crippen molar-refractivity contribution in [3.63, 3.8) is 0 Å². The first-order chi connectivity index (χ1) is 7.59. The van der Waals surface area contributed by atoms with E-state index in [2.05, 4.69) is 19.2 Å². The van der Waals surface area contributed by atoms with Gasteiger partial charge in [-0.05, 0) is 37.5 Å². The van der Waals surface area contributed by atoms with Crippen molar-refractivity contribution < 1.29 is 4.74 Å². The van der Waals surface area contributed by atoms with Gasteiger partial charge in [-0.1, -0.05) is 26.7 Å². The molecule has 2 atom stereocenters. The summed E-state index contributed by atoms with van der Waals surface area (Å²) in [6.07, 6.45) is 9.80. The largest absolute Gasteiger partial charge is 0.375 e. The van der Waals surface area contributed by atoms with Gasteiger partial charge in [-0.25, -0.2) is 0 Å². The Morgan fingerprint density at radius 1 is 1.12 bits per heavy atom. The standard InChI is InChI=1S/C14H25NO/c1-13(2)8-5-12-11(9-13)15-14(10-16-12)6-3-4-7-14/h11-12,15H,3-10H2,1-2H3. The summed E-state index contributed by atoms with van der Waals surface area (Å²) in [7, 11) is 0. The van der Waals surface area contributed by atoms with Crippen LogP contribution in [0.1, 0.15) is 58.8 Å². The molecule has 0 radical (unpaired) electrons. The average Bonchev–Trinajstić information content (AvgIpc) is 2.64. The Labute approximate surface area is 99.1 Å². The lowest BCUT2D eigenvalue weighted by atomic mass is 9.72. The predicted molar refractivity (Wildman–Crippen MR) is 65.5 cm³/mol. The molecular formula is C14H25NO. The van der Waals surface area contributed by atoms with Crippen LogP contribution in [0, 0.1) is 5.41 Å². The third-order valence-corrected chi connectivity index (χ3v) is 4.95. The van der Waals surface area contributed by atoms with Gasteiger partial charge in [-0.2, -0.15) is 0 Å². The van der Waals surface area contributed by atoms with Gasteiger partial charge in [0.05, 0.1) is 12.7 Å². The highest BCUT2D eigenvalue weighted by Crippen LogP contribution is 2.42. The van der Waals surface area contributed by atoms with E-state index in [9.17, 15) is 0 Å². The fraction of sp³-hybridized carbons (Fsp3) is 1.00. The van der Waals surface area contributed by atoms with Crippen molar-refractivity contribution in [2.75, 3.05) is 6.61 Å². The zero-order chi connectivity index (χ0) is 11.2. The fourth-order valence-corrected chi connectivity index (χ4v) is 3.95. The molecule has 16 heavy (non-hydrogen) atoms. The first-order valence-corrected chi connectivity index (χ1v) is 6.98. The summed E-state index contributed by atoms with van der Waals surface area (Å²) in [4.78, 5) is 0. The van der Waals surface area contributed by atoms with Crippen molar-refractivity contribution in [2.24, 2.45) is 5.41 Å². The molecule has 1 saturated heterocycles. The zero-order valence-electron chi connectivity index (χ0n) is 10.7. The molecule has 2 heteroatoms. The van der Waals surface area contributed by atoms with Crippen LogP contribution in [-0.2, 0) is 4.74 Å². The summed E-state index contributed by atoms with van der Waals surface area (Å²) < 4.78 is 6.15. The van der Waals surface area contributed by atoms with Gasteiger partial charge in [0, 0.05) is 11.6 Å². The molecule has 3 rings (SSSR count). The molecule has 0 aromatic rings. The summed E-state index contributed by atoms with van der Waals surface area (Å²) in [5, 5.41) is 3.96. The third-order valence-electron chi connectivity index (χ3n) is 4.95. The first kappa shape index (κ1) is 11.0. The summed E-state index contributed by atoms with van der Waals surface area (Å²) in [6.45, 7) is 5.77. The van der Waals surface area contributed by atoms with E-state index < -0.39 is 0 Å². The van der Waals surface area contributed by atoms with Crippen LogP contribution < -0.4 is 5.32 Å². The van der Waals surface area contributed by atoms with E-state index in [0.717, 1.165) is 6.61 Å². The lowest BCUT2D eigenvalue weighted by Gasteiger charge is -2.49. The number of nitrogens with one attached hydrogen (secondary N) is 1. The van der Waals surface area contributed by atoms with Crippen molar-refractivity contribution in [1.82, 2.24) is 5.32 Å². The molecule has 2 nitrogen and oxygen atoms in total. The zero-order valence-corrected chi connectivity index (χ0v) is 10.7. The molecule has 1 aliphatic heterocycles. The number of ether oxygens (including phenoxy) is 1. The Hall–Kier alpha value is -0.0800. The fourth-order valence-electron chi connectivity index (χ4n) is 3.95. The highest BCUT2D eigenvalue weighted by atomic mass is 16.5. The smallest absolute Gasteiger partial charge is 0.0729 e. The van der Waals surface area contributed by atoms with Gasteiger partial charge >= 0.3 is 0 Å². The van der Waals surface area contributed by atoms with Gasteiger partial charge in [-0.15, -0.1) is 0 Å². The molecule has 1 N–H and O–H groups in total. The number of morpholine rings is 1. The summed E-state index contributed by atoms with van der Waals surface area (Å²) in [5.41, 5.74) is 0.864. The highest BCUT2D eigenvalue weighted by Gasteiger charge is 2.46. The minimum Gasteiger partial charge on any atom is -0.375 e. The summed E-state index contributed by atoms with van der Waals surface area (Å²) >= 11 is 0. The SMILES string of the molecule is CC1(C)CCC2OCC3(CCCC3)NC2C1. The van der Waals surface area contributed by atoms with Crippen molar-refractivity contribution in [2.45, 2.75) is 76.5 Å². The predicted octanol–water partition coefficient (Wildman–Crippen LogP) is 2.87. The molecule has 3 fully saturated rings. The minimum absolute atomic E-state index is 0.356. The van der Waals surface area contributed by atoms with Gasteiger partial charge in [-0.3, -0.25) is 0 Å². The van der Waals surface area contributed by atoms with Crippen LogP contribution in [0.4, 0.5) is 0 Å². The molecular weight excluding hydrogens is 198 g/mol. The van der Waals surface area contributed by atoms with Crippen molar-refractivity contribution in [3.8, 4) is 0 Å². The monoisotopic (exact) mass is 223 g/mol. The van der Waals surface area contributed by atoms with Crippen LogP contribution >= 0.6 is 0 Å².